The number of nitrogen functional groups attached to an aromatic ring is 1. The first kappa shape index (κ1) is 28.0. The number of rotatable bonds is 7. The molecular weight excluding hydrogens is 528 g/mol. The Balaban J connectivity index is 1.36. The summed E-state index contributed by atoms with van der Waals surface area (Å²) in [5, 5.41) is 6.09. The van der Waals surface area contributed by atoms with E-state index < -0.39 is 28.6 Å². The molecule has 39 heavy (non-hydrogen) atoms. The van der Waals surface area contributed by atoms with Crippen molar-refractivity contribution in [1.82, 2.24) is 15.2 Å². The molecule has 0 radical (unpaired) electrons. The number of hydrogen-bond acceptors (Lipinski definition) is 8. The lowest BCUT2D eigenvalue weighted by Gasteiger charge is -2.28. The molecule has 0 saturated carbocycles. The third-order valence-corrected chi connectivity index (χ3v) is 6.94. The fourth-order valence-electron chi connectivity index (χ4n) is 4.13. The number of nitrogens with two attached hydrogens (primary N) is 1. The zero-order valence-corrected chi connectivity index (χ0v) is 22.5. The summed E-state index contributed by atoms with van der Waals surface area (Å²) >= 11 is 0.861. The van der Waals surface area contributed by atoms with E-state index in [9.17, 15) is 23.2 Å². The maximum Gasteiger partial charge on any atom is 0.410 e. The van der Waals surface area contributed by atoms with Gasteiger partial charge in [0.05, 0.1) is 11.6 Å². The molecule has 206 valence electrons. The molecule has 4 N–H and O–H groups in total. The Bertz CT molecular complexity index is 1370. The minimum Gasteiger partial charge on any atom is -0.444 e. The Morgan fingerprint density at radius 2 is 1.79 bits per heavy atom. The first-order chi connectivity index (χ1) is 18.4. The number of carbonyl (C=O) groups is 3. The van der Waals surface area contributed by atoms with Gasteiger partial charge in [0.2, 0.25) is 5.78 Å². The Labute approximate surface area is 228 Å². The zero-order chi connectivity index (χ0) is 28.3. The molecule has 1 aliphatic heterocycles. The number of ketones is 1. The van der Waals surface area contributed by atoms with Crippen molar-refractivity contribution in [2.75, 3.05) is 24.1 Å². The highest BCUT2D eigenvalue weighted by molar-refractivity contribution is 7.18. The van der Waals surface area contributed by atoms with Crippen molar-refractivity contribution in [3.63, 3.8) is 0 Å². The maximum absolute atomic E-state index is 14.0. The number of ether oxygens (including phenoxy) is 1. The average Bonchev–Trinajstić information content (AvgIpc) is 3.48. The largest absolute Gasteiger partial charge is 0.444 e. The Kier molecular flexibility index (Phi) is 8.14. The van der Waals surface area contributed by atoms with E-state index >= 15 is 0 Å². The van der Waals surface area contributed by atoms with Crippen LogP contribution in [0.15, 0.2) is 42.5 Å². The summed E-state index contributed by atoms with van der Waals surface area (Å²) in [6.07, 6.45) is 1.22. The van der Waals surface area contributed by atoms with Gasteiger partial charge in [-0.1, -0.05) is 17.4 Å². The molecule has 1 aliphatic rings. The summed E-state index contributed by atoms with van der Waals surface area (Å²) in [6.45, 7) is 6.32. The second-order valence-electron chi connectivity index (χ2n) is 10.0. The fourth-order valence-corrected chi connectivity index (χ4v) is 4.98. The minimum absolute atomic E-state index is 0.0927. The van der Waals surface area contributed by atoms with Gasteiger partial charge >= 0.3 is 6.09 Å². The monoisotopic (exact) mass is 557 g/mol. The van der Waals surface area contributed by atoms with Crippen molar-refractivity contribution >= 4 is 45.8 Å². The second kappa shape index (κ2) is 11.4. The number of thiazole rings is 1. The van der Waals surface area contributed by atoms with Crippen LogP contribution >= 0.6 is 11.3 Å². The van der Waals surface area contributed by atoms with Crippen LogP contribution in [0.1, 0.15) is 59.2 Å². The van der Waals surface area contributed by atoms with E-state index in [0.29, 0.717) is 24.3 Å². The molecule has 4 rings (SSSR count). The van der Waals surface area contributed by atoms with Gasteiger partial charge in [0.1, 0.15) is 27.9 Å². The highest BCUT2D eigenvalue weighted by Gasteiger charge is 2.32. The topological polar surface area (TPSA) is 127 Å². The number of anilines is 3. The number of amides is 2. The van der Waals surface area contributed by atoms with Gasteiger partial charge in [0.15, 0.2) is 5.13 Å². The van der Waals surface area contributed by atoms with Crippen molar-refractivity contribution in [2.24, 2.45) is 0 Å². The van der Waals surface area contributed by atoms with Crippen LogP contribution in [0.3, 0.4) is 0 Å². The van der Waals surface area contributed by atoms with E-state index in [1.165, 1.54) is 6.07 Å². The number of halogens is 2. The molecular formula is C27H29F2N5O4S. The third kappa shape index (κ3) is 6.69. The van der Waals surface area contributed by atoms with Crippen LogP contribution in [0.5, 0.6) is 0 Å². The standard InChI is InChI=1S/C27H29F2N5O4S/c1-27(2,3)38-26(37)34-13-5-6-17(34)14-31-24(36)15-9-11-16(12-10-15)32-25-33-23(30)22(39-25)21(35)20-18(28)7-4-8-19(20)29/h4,7-12,17H,5-6,13-14,30H2,1-3H3,(H,31,36)(H,32,33)/t17-/m0/s1. The molecule has 12 heteroatoms. The van der Waals surface area contributed by atoms with E-state index in [4.69, 9.17) is 10.5 Å². The van der Waals surface area contributed by atoms with E-state index in [-0.39, 0.29) is 33.9 Å². The van der Waals surface area contributed by atoms with E-state index in [1.54, 1.807) is 29.2 Å². The van der Waals surface area contributed by atoms with Crippen molar-refractivity contribution in [3.8, 4) is 0 Å². The summed E-state index contributed by atoms with van der Waals surface area (Å²) in [6, 6.07) is 9.52. The molecule has 1 atom stereocenters. The van der Waals surface area contributed by atoms with Crippen LogP contribution in [-0.2, 0) is 4.74 Å². The molecule has 1 fully saturated rings. The number of hydrogen-bond donors (Lipinski definition) is 3. The van der Waals surface area contributed by atoms with Crippen LogP contribution in [0, 0.1) is 11.6 Å². The summed E-state index contributed by atoms with van der Waals surface area (Å²) in [4.78, 5) is 43.5. The highest BCUT2D eigenvalue weighted by Crippen LogP contribution is 2.31. The quantitative estimate of drug-likeness (QED) is 0.345. The van der Waals surface area contributed by atoms with Gasteiger partial charge in [-0.15, -0.1) is 0 Å². The van der Waals surface area contributed by atoms with E-state index in [1.807, 2.05) is 20.8 Å². The first-order valence-corrected chi connectivity index (χ1v) is 13.1. The molecule has 2 heterocycles. The Morgan fingerprint density at radius 1 is 1.13 bits per heavy atom. The number of nitrogens with zero attached hydrogens (tertiary/aromatic N) is 2. The smallest absolute Gasteiger partial charge is 0.410 e. The Hall–Kier alpha value is -4.06. The lowest BCUT2D eigenvalue weighted by atomic mass is 10.1. The lowest BCUT2D eigenvalue weighted by Crippen LogP contribution is -2.45. The summed E-state index contributed by atoms with van der Waals surface area (Å²) in [5.41, 5.74) is 5.53. The van der Waals surface area contributed by atoms with Gasteiger partial charge in [-0.05, 0) is 70.0 Å². The molecule has 2 aromatic carbocycles. The van der Waals surface area contributed by atoms with Crippen molar-refractivity contribution in [2.45, 2.75) is 45.3 Å². The second-order valence-corrected chi connectivity index (χ2v) is 11.0. The van der Waals surface area contributed by atoms with E-state index in [0.717, 1.165) is 36.3 Å². The van der Waals surface area contributed by atoms with Crippen molar-refractivity contribution in [1.29, 1.82) is 0 Å². The van der Waals surface area contributed by atoms with Gasteiger partial charge in [-0.2, -0.15) is 0 Å². The summed E-state index contributed by atoms with van der Waals surface area (Å²) in [7, 11) is 0. The molecule has 9 nitrogen and oxygen atoms in total. The lowest BCUT2D eigenvalue weighted by molar-refractivity contribution is 0.0225. The van der Waals surface area contributed by atoms with Gasteiger partial charge in [0.25, 0.3) is 5.91 Å². The number of aromatic nitrogens is 1. The third-order valence-electron chi connectivity index (χ3n) is 5.95. The van der Waals surface area contributed by atoms with Crippen LogP contribution in [0.2, 0.25) is 0 Å². The van der Waals surface area contributed by atoms with Gasteiger partial charge in [-0.3, -0.25) is 9.59 Å². The SMILES string of the molecule is CC(C)(C)OC(=O)N1CCC[C@H]1CNC(=O)c1ccc(Nc2nc(N)c(C(=O)c3c(F)cccc3F)s2)cc1. The number of nitrogens with one attached hydrogen (secondary N) is 2. The van der Waals surface area contributed by atoms with Gasteiger partial charge < -0.3 is 26.0 Å². The molecule has 1 aromatic heterocycles. The summed E-state index contributed by atoms with van der Waals surface area (Å²) in [5.74, 6) is -3.31. The minimum atomic E-state index is -0.985. The van der Waals surface area contributed by atoms with Crippen LogP contribution in [0.4, 0.5) is 30.2 Å². The highest BCUT2D eigenvalue weighted by atomic mass is 32.1. The van der Waals surface area contributed by atoms with Crippen molar-refractivity contribution in [3.05, 3.63) is 70.1 Å². The predicted octanol–water partition coefficient (Wildman–Crippen LogP) is 5.11. The summed E-state index contributed by atoms with van der Waals surface area (Å²) < 4.78 is 33.5. The molecule has 2 amide bonds. The van der Waals surface area contributed by atoms with Crippen LogP contribution < -0.4 is 16.4 Å². The first-order valence-electron chi connectivity index (χ1n) is 12.3. The number of likely N-dealkylation sites (tertiary alicyclic amines) is 1. The zero-order valence-electron chi connectivity index (χ0n) is 21.7. The van der Waals surface area contributed by atoms with Gasteiger partial charge in [0, 0.05) is 24.3 Å². The van der Waals surface area contributed by atoms with Gasteiger partial charge in [-0.25, -0.2) is 18.6 Å². The molecule has 0 unspecified atom stereocenters. The molecule has 1 saturated heterocycles. The fraction of sp³-hybridized carbons (Fsp3) is 0.333. The number of carbonyl (C=O) groups excluding carboxylic acids is 3. The van der Waals surface area contributed by atoms with Crippen LogP contribution in [0.25, 0.3) is 0 Å². The average molecular weight is 558 g/mol. The van der Waals surface area contributed by atoms with Crippen molar-refractivity contribution < 1.29 is 27.9 Å². The normalized spacial score (nSPS) is 15.2. The predicted molar refractivity (Wildman–Crippen MR) is 144 cm³/mol. The van der Waals surface area contributed by atoms with Crippen LogP contribution in [-0.4, -0.2) is 52.4 Å². The molecule has 3 aromatic rings. The van der Waals surface area contributed by atoms with E-state index in [2.05, 4.69) is 15.6 Å². The number of benzene rings is 2. The Morgan fingerprint density at radius 3 is 2.44 bits per heavy atom. The molecule has 0 spiro atoms. The maximum atomic E-state index is 14.0. The molecule has 0 bridgehead atoms. The molecule has 0 aliphatic carbocycles.